The molecule has 96 valence electrons. The Morgan fingerprint density at radius 2 is 1.95 bits per heavy atom. The van der Waals surface area contributed by atoms with Gasteiger partial charge in [-0.25, -0.2) is 9.97 Å². The molecule has 0 aliphatic heterocycles. The first-order valence-corrected chi connectivity index (χ1v) is 6.75. The number of aryl methyl sites for hydroxylation is 1. The zero-order chi connectivity index (χ0) is 13.4. The smallest absolute Gasteiger partial charge is 0.166 e. The minimum absolute atomic E-state index is 0.127. The molecule has 2 aromatic rings. The summed E-state index contributed by atoms with van der Waals surface area (Å²) in [5.41, 5.74) is 2.28. The molecule has 0 saturated heterocycles. The number of ketones is 1. The molecule has 0 fully saturated rings. The fourth-order valence-electron chi connectivity index (χ4n) is 2.17. The van der Waals surface area contributed by atoms with Gasteiger partial charge in [0.2, 0.25) is 0 Å². The second-order valence-electron chi connectivity index (χ2n) is 4.46. The van der Waals surface area contributed by atoms with E-state index < -0.39 is 0 Å². The first-order chi connectivity index (χ1) is 9.15. The Morgan fingerprint density at radius 1 is 1.11 bits per heavy atom. The van der Waals surface area contributed by atoms with Crippen LogP contribution in [-0.4, -0.2) is 15.8 Å². The minimum atomic E-state index is 0.127. The Balaban J connectivity index is 2.06. The maximum atomic E-state index is 11.7. The first kappa shape index (κ1) is 12.6. The Kier molecular flexibility index (Phi) is 3.25. The molecule has 0 amide bonds. The predicted octanol–water partition coefficient (Wildman–Crippen LogP) is 3.97. The molecule has 0 bridgehead atoms. The average Bonchev–Trinajstić information content (AvgIpc) is 2.42. The van der Waals surface area contributed by atoms with Gasteiger partial charge >= 0.3 is 0 Å². The minimum Gasteiger partial charge on any atom is -0.294 e. The molecule has 19 heavy (non-hydrogen) atoms. The van der Waals surface area contributed by atoms with Crippen LogP contribution in [0, 0.1) is 0 Å². The second kappa shape index (κ2) is 4.91. The number of carbonyl (C=O) groups is 1. The molecule has 0 saturated carbocycles. The van der Waals surface area contributed by atoms with Crippen molar-refractivity contribution in [3.63, 3.8) is 0 Å². The highest BCUT2D eigenvalue weighted by atomic mass is 35.5. The van der Waals surface area contributed by atoms with Crippen LogP contribution in [-0.2, 0) is 6.42 Å². The molecule has 1 heterocycles. The van der Waals surface area contributed by atoms with E-state index in [1.165, 1.54) is 0 Å². The second-order valence-corrected chi connectivity index (χ2v) is 5.27. The van der Waals surface area contributed by atoms with Gasteiger partial charge in [-0.2, -0.15) is 0 Å². The van der Waals surface area contributed by atoms with Crippen molar-refractivity contribution in [3.05, 3.63) is 45.7 Å². The molecule has 5 heteroatoms. The van der Waals surface area contributed by atoms with Crippen LogP contribution in [0.15, 0.2) is 24.4 Å². The van der Waals surface area contributed by atoms with Gasteiger partial charge in [0.05, 0.1) is 21.3 Å². The molecule has 3 rings (SSSR count). The van der Waals surface area contributed by atoms with Crippen LogP contribution in [0.4, 0.5) is 0 Å². The van der Waals surface area contributed by atoms with E-state index in [2.05, 4.69) is 9.97 Å². The number of Topliss-reactive ketones (excluding diaryl/α,β-unsaturated/α-hetero) is 1. The number of rotatable bonds is 1. The van der Waals surface area contributed by atoms with Crippen molar-refractivity contribution in [2.75, 3.05) is 0 Å². The Bertz CT molecular complexity index is 670. The van der Waals surface area contributed by atoms with Gasteiger partial charge in [0.25, 0.3) is 0 Å². The molecule has 0 radical (unpaired) electrons. The number of hydrogen-bond donors (Lipinski definition) is 0. The first-order valence-electron chi connectivity index (χ1n) is 5.99. The van der Waals surface area contributed by atoms with Gasteiger partial charge in [-0.1, -0.05) is 23.2 Å². The molecule has 0 N–H and O–H groups in total. The summed E-state index contributed by atoms with van der Waals surface area (Å²) >= 11 is 11.9. The summed E-state index contributed by atoms with van der Waals surface area (Å²) in [6.45, 7) is 0. The normalized spacial score (nSPS) is 14.3. The zero-order valence-corrected chi connectivity index (χ0v) is 11.5. The predicted molar refractivity (Wildman–Crippen MR) is 74.8 cm³/mol. The molecular weight excluding hydrogens is 283 g/mol. The Labute approximate surface area is 120 Å². The Hall–Kier alpha value is -1.45. The standard InChI is InChI=1S/C14H10Cl2N2O/c15-10-5-4-8(6-11(10)16)14-17-7-9-12(18-14)2-1-3-13(9)19/h4-7H,1-3H2. The summed E-state index contributed by atoms with van der Waals surface area (Å²) in [5.74, 6) is 0.703. The number of aromatic nitrogens is 2. The van der Waals surface area contributed by atoms with Crippen molar-refractivity contribution in [1.82, 2.24) is 9.97 Å². The molecule has 3 nitrogen and oxygen atoms in total. The van der Waals surface area contributed by atoms with Crippen molar-refractivity contribution in [2.24, 2.45) is 0 Å². The zero-order valence-electron chi connectivity index (χ0n) is 9.99. The number of benzene rings is 1. The number of fused-ring (bicyclic) bond motifs is 1. The monoisotopic (exact) mass is 292 g/mol. The van der Waals surface area contributed by atoms with Crippen LogP contribution in [0.3, 0.4) is 0 Å². The van der Waals surface area contributed by atoms with Crippen molar-refractivity contribution in [3.8, 4) is 11.4 Å². The third kappa shape index (κ3) is 2.36. The van der Waals surface area contributed by atoms with Gasteiger partial charge < -0.3 is 0 Å². The highest BCUT2D eigenvalue weighted by molar-refractivity contribution is 6.42. The van der Waals surface area contributed by atoms with Crippen LogP contribution in [0.1, 0.15) is 28.9 Å². The van der Waals surface area contributed by atoms with Gasteiger partial charge in [-0.15, -0.1) is 0 Å². The third-order valence-electron chi connectivity index (χ3n) is 3.16. The third-order valence-corrected chi connectivity index (χ3v) is 3.90. The summed E-state index contributed by atoms with van der Waals surface area (Å²) in [6.07, 6.45) is 3.87. The van der Waals surface area contributed by atoms with E-state index in [4.69, 9.17) is 23.2 Å². The lowest BCUT2D eigenvalue weighted by molar-refractivity contribution is 0.0971. The Morgan fingerprint density at radius 3 is 2.74 bits per heavy atom. The lowest BCUT2D eigenvalue weighted by Gasteiger charge is -2.13. The fourth-order valence-corrected chi connectivity index (χ4v) is 2.46. The largest absolute Gasteiger partial charge is 0.294 e. The highest BCUT2D eigenvalue weighted by Gasteiger charge is 2.19. The summed E-state index contributed by atoms with van der Waals surface area (Å²) in [7, 11) is 0. The number of halogens is 2. The SMILES string of the molecule is O=C1CCCc2nc(-c3ccc(Cl)c(Cl)c3)ncc21. The quantitative estimate of drug-likeness (QED) is 0.799. The van der Waals surface area contributed by atoms with Crippen LogP contribution in [0.2, 0.25) is 10.0 Å². The van der Waals surface area contributed by atoms with Gasteiger partial charge in [0, 0.05) is 18.2 Å². The topological polar surface area (TPSA) is 42.9 Å². The van der Waals surface area contributed by atoms with Gasteiger partial charge in [0.1, 0.15) is 0 Å². The van der Waals surface area contributed by atoms with E-state index in [9.17, 15) is 4.79 Å². The van der Waals surface area contributed by atoms with Crippen LogP contribution >= 0.6 is 23.2 Å². The maximum Gasteiger partial charge on any atom is 0.166 e. The van der Waals surface area contributed by atoms with Crippen molar-refractivity contribution in [1.29, 1.82) is 0 Å². The summed E-state index contributed by atoms with van der Waals surface area (Å²) in [5, 5.41) is 0.968. The highest BCUT2D eigenvalue weighted by Crippen LogP contribution is 2.28. The van der Waals surface area contributed by atoms with E-state index >= 15 is 0 Å². The molecule has 0 spiro atoms. The van der Waals surface area contributed by atoms with Crippen molar-refractivity contribution >= 4 is 29.0 Å². The van der Waals surface area contributed by atoms with Crippen LogP contribution in [0.25, 0.3) is 11.4 Å². The summed E-state index contributed by atoms with van der Waals surface area (Å²) in [4.78, 5) is 20.4. The summed E-state index contributed by atoms with van der Waals surface area (Å²) in [6, 6.07) is 5.27. The molecule has 0 atom stereocenters. The van der Waals surface area contributed by atoms with E-state index in [-0.39, 0.29) is 5.78 Å². The van der Waals surface area contributed by atoms with Crippen LogP contribution in [0.5, 0.6) is 0 Å². The number of carbonyl (C=O) groups excluding carboxylic acids is 1. The van der Waals surface area contributed by atoms with Crippen molar-refractivity contribution in [2.45, 2.75) is 19.3 Å². The van der Waals surface area contributed by atoms with Crippen LogP contribution < -0.4 is 0 Å². The average molecular weight is 293 g/mol. The van der Waals surface area contributed by atoms with Gasteiger partial charge in [-0.3, -0.25) is 4.79 Å². The van der Waals surface area contributed by atoms with E-state index in [0.717, 1.165) is 24.1 Å². The molecule has 1 aliphatic rings. The van der Waals surface area contributed by atoms with E-state index in [0.29, 0.717) is 27.9 Å². The molecule has 1 aliphatic carbocycles. The molecule has 1 aromatic heterocycles. The lowest BCUT2D eigenvalue weighted by Crippen LogP contribution is -2.13. The van der Waals surface area contributed by atoms with Gasteiger partial charge in [-0.05, 0) is 31.0 Å². The molecule has 1 aromatic carbocycles. The van der Waals surface area contributed by atoms with Gasteiger partial charge in [0.15, 0.2) is 11.6 Å². The number of hydrogen-bond acceptors (Lipinski definition) is 3. The molecular formula is C14H10Cl2N2O. The molecule has 0 unspecified atom stereocenters. The lowest BCUT2D eigenvalue weighted by atomic mass is 9.96. The summed E-state index contributed by atoms with van der Waals surface area (Å²) < 4.78 is 0. The number of nitrogens with zero attached hydrogens (tertiary/aromatic N) is 2. The van der Waals surface area contributed by atoms with E-state index in [1.54, 1.807) is 18.3 Å². The van der Waals surface area contributed by atoms with Crippen molar-refractivity contribution < 1.29 is 4.79 Å². The fraction of sp³-hybridized carbons (Fsp3) is 0.214. The van der Waals surface area contributed by atoms with E-state index in [1.807, 2.05) is 6.07 Å². The maximum absolute atomic E-state index is 11.7.